The highest BCUT2D eigenvalue weighted by molar-refractivity contribution is 5.80. The van der Waals surface area contributed by atoms with E-state index in [1.54, 1.807) is 0 Å². The first-order valence-electron chi connectivity index (χ1n) is 12.2. The Labute approximate surface area is 204 Å². The van der Waals surface area contributed by atoms with Crippen LogP contribution in [0, 0.1) is 11.8 Å². The fourth-order valence-electron chi connectivity index (χ4n) is 5.59. The van der Waals surface area contributed by atoms with Crippen LogP contribution in [0.15, 0.2) is 48.5 Å². The van der Waals surface area contributed by atoms with Crippen LogP contribution in [0.2, 0.25) is 0 Å². The Morgan fingerprint density at radius 1 is 0.971 bits per heavy atom. The molecule has 0 bridgehead atoms. The number of ether oxygens (including phenoxy) is 2. The molecule has 1 aliphatic heterocycles. The molecule has 0 aromatic heterocycles. The Balaban J connectivity index is 1.02. The fraction of sp³-hybridized carbons (Fsp3) is 0.444. The van der Waals surface area contributed by atoms with Gasteiger partial charge in [0, 0.05) is 25.5 Å². The first-order valence-corrected chi connectivity index (χ1v) is 12.2. The van der Waals surface area contributed by atoms with Crippen LogP contribution in [-0.2, 0) is 19.1 Å². The molecule has 2 aromatic rings. The number of amides is 2. The summed E-state index contributed by atoms with van der Waals surface area (Å²) < 4.78 is 10.7. The quantitative estimate of drug-likeness (QED) is 0.537. The Bertz CT molecular complexity index is 1070. The van der Waals surface area contributed by atoms with Crippen molar-refractivity contribution in [3.63, 3.8) is 0 Å². The van der Waals surface area contributed by atoms with Crippen LogP contribution in [0.4, 0.5) is 4.79 Å². The Morgan fingerprint density at radius 3 is 2.29 bits per heavy atom. The number of hydrogen-bond donors (Lipinski definition) is 3. The van der Waals surface area contributed by atoms with E-state index in [4.69, 9.17) is 14.6 Å². The van der Waals surface area contributed by atoms with Crippen LogP contribution in [-0.4, -0.2) is 55.0 Å². The van der Waals surface area contributed by atoms with Crippen LogP contribution in [0.1, 0.15) is 42.7 Å². The molecule has 5 rings (SSSR count). The molecule has 2 fully saturated rings. The summed E-state index contributed by atoms with van der Waals surface area (Å²) in [6, 6.07) is 16.0. The number of carbonyl (C=O) groups excluding carboxylic acids is 2. The smallest absolute Gasteiger partial charge is 0.407 e. The number of carbonyl (C=O) groups is 3. The van der Waals surface area contributed by atoms with Crippen molar-refractivity contribution in [2.75, 3.05) is 19.8 Å². The van der Waals surface area contributed by atoms with Crippen molar-refractivity contribution in [3.8, 4) is 11.1 Å². The molecule has 8 heteroatoms. The second kappa shape index (κ2) is 10.1. The van der Waals surface area contributed by atoms with Gasteiger partial charge in [-0.15, -0.1) is 0 Å². The number of nitrogens with one attached hydrogen (secondary N) is 2. The van der Waals surface area contributed by atoms with Crippen LogP contribution >= 0.6 is 0 Å². The van der Waals surface area contributed by atoms with E-state index in [-0.39, 0.29) is 24.3 Å². The number of aliphatic carboxylic acids is 1. The highest BCUT2D eigenvalue weighted by Gasteiger charge is 2.37. The van der Waals surface area contributed by atoms with Gasteiger partial charge in [-0.25, -0.2) is 9.59 Å². The van der Waals surface area contributed by atoms with Crippen molar-refractivity contribution < 1.29 is 29.0 Å². The standard InChI is InChI=1S/C27H30N2O6/c30-24(29-23-9-10-34-25(23)26(31)32)13-16-11-17(12-16)14-28-27(33)35-15-22-20-7-3-1-5-18(20)19-6-2-4-8-21(19)22/h1-8,16-17,22-23,25H,9-15H2,(H,28,33)(H,29,30)(H,31,32)/t16?,17?,23-,25+/m0/s1. The zero-order chi connectivity index (χ0) is 24.4. The number of hydrogen-bond acceptors (Lipinski definition) is 5. The van der Waals surface area contributed by atoms with Crippen molar-refractivity contribution in [2.45, 2.75) is 43.7 Å². The van der Waals surface area contributed by atoms with Gasteiger partial charge in [0.15, 0.2) is 6.10 Å². The van der Waals surface area contributed by atoms with Crippen molar-refractivity contribution in [3.05, 3.63) is 59.7 Å². The summed E-state index contributed by atoms with van der Waals surface area (Å²) in [4.78, 5) is 35.8. The van der Waals surface area contributed by atoms with E-state index in [1.165, 1.54) is 22.3 Å². The minimum absolute atomic E-state index is 0.0331. The van der Waals surface area contributed by atoms with Crippen molar-refractivity contribution >= 4 is 18.0 Å². The minimum atomic E-state index is -1.05. The molecule has 3 aliphatic rings. The Kier molecular flexibility index (Phi) is 6.72. The van der Waals surface area contributed by atoms with Crippen LogP contribution in [0.25, 0.3) is 11.1 Å². The van der Waals surface area contributed by atoms with E-state index < -0.39 is 24.2 Å². The van der Waals surface area contributed by atoms with Gasteiger partial charge in [-0.05, 0) is 53.4 Å². The molecular formula is C27H30N2O6. The SMILES string of the molecule is O=C(CC1CC(CNC(=O)OCC2c3ccccc3-c3ccccc32)C1)N[C@H]1CCO[C@H]1C(=O)O. The predicted octanol–water partition coefficient (Wildman–Crippen LogP) is 3.30. The number of fused-ring (bicyclic) bond motifs is 3. The van der Waals surface area contributed by atoms with Crippen molar-refractivity contribution in [1.29, 1.82) is 0 Å². The Morgan fingerprint density at radius 2 is 1.63 bits per heavy atom. The monoisotopic (exact) mass is 478 g/mol. The summed E-state index contributed by atoms with van der Waals surface area (Å²) in [7, 11) is 0. The molecule has 2 amide bonds. The van der Waals surface area contributed by atoms with Gasteiger partial charge in [-0.3, -0.25) is 4.79 Å². The van der Waals surface area contributed by atoms with E-state index in [0.29, 0.717) is 31.9 Å². The number of carboxylic acids is 1. The summed E-state index contributed by atoms with van der Waals surface area (Å²) >= 11 is 0. The highest BCUT2D eigenvalue weighted by Crippen LogP contribution is 2.44. The maximum Gasteiger partial charge on any atom is 0.407 e. The molecule has 2 aromatic carbocycles. The third-order valence-electron chi connectivity index (χ3n) is 7.37. The van der Waals surface area contributed by atoms with Crippen LogP contribution < -0.4 is 10.6 Å². The lowest BCUT2D eigenvalue weighted by atomic mass is 9.73. The lowest BCUT2D eigenvalue weighted by Gasteiger charge is -2.35. The molecule has 8 nitrogen and oxygen atoms in total. The lowest BCUT2D eigenvalue weighted by molar-refractivity contribution is -0.148. The number of carboxylic acid groups (broad SMARTS) is 1. The van der Waals surface area contributed by atoms with E-state index in [0.717, 1.165) is 12.8 Å². The van der Waals surface area contributed by atoms with Gasteiger partial charge in [-0.1, -0.05) is 48.5 Å². The summed E-state index contributed by atoms with van der Waals surface area (Å²) in [6.07, 6.45) is 1.19. The van der Waals surface area contributed by atoms with Gasteiger partial charge < -0.3 is 25.2 Å². The minimum Gasteiger partial charge on any atom is -0.479 e. The third kappa shape index (κ3) is 5.03. The molecule has 3 N–H and O–H groups in total. The van der Waals surface area contributed by atoms with Crippen molar-refractivity contribution in [1.82, 2.24) is 10.6 Å². The number of alkyl carbamates (subject to hydrolysis) is 1. The van der Waals surface area contributed by atoms with E-state index in [1.807, 2.05) is 24.3 Å². The lowest BCUT2D eigenvalue weighted by Crippen LogP contribution is -2.45. The summed E-state index contributed by atoms with van der Waals surface area (Å²) in [5.41, 5.74) is 4.75. The van der Waals surface area contributed by atoms with E-state index in [2.05, 4.69) is 34.9 Å². The normalized spacial score (nSPS) is 24.7. The molecule has 2 aliphatic carbocycles. The first-order chi connectivity index (χ1) is 17.0. The largest absolute Gasteiger partial charge is 0.479 e. The second-order valence-corrected chi connectivity index (χ2v) is 9.71. The molecule has 0 unspecified atom stereocenters. The van der Waals surface area contributed by atoms with E-state index >= 15 is 0 Å². The summed E-state index contributed by atoms with van der Waals surface area (Å²) in [5.74, 6) is -0.592. The number of benzene rings is 2. The van der Waals surface area contributed by atoms with Gasteiger partial charge in [-0.2, -0.15) is 0 Å². The maximum absolute atomic E-state index is 12.3. The molecule has 0 spiro atoms. The van der Waals surface area contributed by atoms with Crippen LogP contribution in [0.5, 0.6) is 0 Å². The average Bonchev–Trinajstić information content (AvgIpc) is 3.41. The third-order valence-corrected chi connectivity index (χ3v) is 7.37. The molecular weight excluding hydrogens is 448 g/mol. The molecule has 1 heterocycles. The zero-order valence-corrected chi connectivity index (χ0v) is 19.4. The summed E-state index contributed by atoms with van der Waals surface area (Å²) in [5, 5.41) is 14.8. The van der Waals surface area contributed by atoms with Crippen LogP contribution in [0.3, 0.4) is 0 Å². The van der Waals surface area contributed by atoms with Crippen molar-refractivity contribution in [2.24, 2.45) is 11.8 Å². The molecule has 0 radical (unpaired) electrons. The molecule has 2 atom stereocenters. The van der Waals surface area contributed by atoms with E-state index in [9.17, 15) is 14.4 Å². The van der Waals surface area contributed by atoms with Gasteiger partial charge in [0.25, 0.3) is 0 Å². The molecule has 184 valence electrons. The molecule has 35 heavy (non-hydrogen) atoms. The maximum atomic E-state index is 12.3. The molecule has 1 saturated heterocycles. The Hall–Kier alpha value is -3.39. The van der Waals surface area contributed by atoms with Gasteiger partial charge >= 0.3 is 12.1 Å². The first kappa shape index (κ1) is 23.4. The fourth-order valence-corrected chi connectivity index (χ4v) is 5.59. The average molecular weight is 479 g/mol. The molecule has 1 saturated carbocycles. The second-order valence-electron chi connectivity index (χ2n) is 9.71. The number of rotatable bonds is 8. The predicted molar refractivity (Wildman–Crippen MR) is 128 cm³/mol. The summed E-state index contributed by atoms with van der Waals surface area (Å²) in [6.45, 7) is 1.15. The van der Waals surface area contributed by atoms with Gasteiger partial charge in [0.2, 0.25) is 5.91 Å². The zero-order valence-electron chi connectivity index (χ0n) is 19.4. The highest BCUT2D eigenvalue weighted by atomic mass is 16.5. The van der Waals surface area contributed by atoms with Gasteiger partial charge in [0.05, 0.1) is 6.04 Å². The van der Waals surface area contributed by atoms with Gasteiger partial charge in [0.1, 0.15) is 6.61 Å². The topological polar surface area (TPSA) is 114 Å².